The monoisotopic (exact) mass is 343 g/mol. The Morgan fingerprint density at radius 1 is 1.12 bits per heavy atom. The molecule has 0 radical (unpaired) electrons. The number of piperidine rings is 1. The Labute approximate surface area is 146 Å². The van der Waals surface area contributed by atoms with Gasteiger partial charge >= 0.3 is 0 Å². The van der Waals surface area contributed by atoms with Crippen molar-refractivity contribution in [2.24, 2.45) is 0 Å². The second-order valence-corrected chi connectivity index (χ2v) is 6.27. The van der Waals surface area contributed by atoms with Crippen molar-refractivity contribution in [1.82, 2.24) is 15.1 Å². The molecule has 0 aromatic heterocycles. The summed E-state index contributed by atoms with van der Waals surface area (Å²) in [5, 5.41) is 2.59. The minimum atomic E-state index is -0.464. The second-order valence-electron chi connectivity index (χ2n) is 6.27. The fraction of sp³-hybridized carbons (Fsp3) is 0.444. The summed E-state index contributed by atoms with van der Waals surface area (Å²) in [6.45, 7) is 0.557. The first kappa shape index (κ1) is 17.1. The summed E-state index contributed by atoms with van der Waals surface area (Å²) in [6, 6.07) is 6.18. The van der Waals surface area contributed by atoms with Gasteiger partial charge in [-0.3, -0.25) is 24.1 Å². The summed E-state index contributed by atoms with van der Waals surface area (Å²) >= 11 is 0. The van der Waals surface area contributed by atoms with Crippen LogP contribution >= 0.6 is 0 Å². The number of likely N-dealkylation sites (N-methyl/N-ethyl adjacent to an activating group) is 1. The summed E-state index contributed by atoms with van der Waals surface area (Å²) in [5.74, 6) is -1.11. The molecule has 0 saturated carbocycles. The SMILES string of the molecule is CNC(=O)C1CCCCN1C(=O)CCN1C(=O)c2ccccc2C1=O. The van der Waals surface area contributed by atoms with Gasteiger partial charge in [0.25, 0.3) is 11.8 Å². The molecule has 1 N–H and O–H groups in total. The van der Waals surface area contributed by atoms with Gasteiger partial charge in [0.1, 0.15) is 6.04 Å². The lowest BCUT2D eigenvalue weighted by Gasteiger charge is -2.34. The number of likely N-dealkylation sites (tertiary alicyclic amines) is 1. The van der Waals surface area contributed by atoms with E-state index in [9.17, 15) is 19.2 Å². The van der Waals surface area contributed by atoms with Gasteiger partial charge in [-0.05, 0) is 31.4 Å². The van der Waals surface area contributed by atoms with Gasteiger partial charge < -0.3 is 10.2 Å². The van der Waals surface area contributed by atoms with Crippen LogP contribution < -0.4 is 5.32 Å². The molecule has 7 nitrogen and oxygen atoms in total. The highest BCUT2D eigenvalue weighted by molar-refractivity contribution is 6.21. The molecule has 132 valence electrons. The summed E-state index contributed by atoms with van der Waals surface area (Å²) in [7, 11) is 1.55. The molecule has 0 spiro atoms. The van der Waals surface area contributed by atoms with E-state index in [2.05, 4.69) is 5.32 Å². The first-order valence-electron chi connectivity index (χ1n) is 8.51. The van der Waals surface area contributed by atoms with Gasteiger partial charge in [0, 0.05) is 26.6 Å². The summed E-state index contributed by atoms with van der Waals surface area (Å²) in [6.07, 6.45) is 2.42. The number of carbonyl (C=O) groups excluding carboxylic acids is 4. The summed E-state index contributed by atoms with van der Waals surface area (Å²) in [4.78, 5) is 51.9. The summed E-state index contributed by atoms with van der Waals surface area (Å²) in [5.41, 5.74) is 0.752. The average Bonchev–Trinajstić information content (AvgIpc) is 2.90. The number of hydrogen-bond donors (Lipinski definition) is 1. The predicted molar refractivity (Wildman–Crippen MR) is 89.8 cm³/mol. The maximum Gasteiger partial charge on any atom is 0.261 e. The molecule has 7 heteroatoms. The zero-order valence-corrected chi connectivity index (χ0v) is 14.2. The van der Waals surface area contributed by atoms with Crippen molar-refractivity contribution in [3.63, 3.8) is 0 Å². The third-order valence-electron chi connectivity index (χ3n) is 4.80. The van der Waals surface area contributed by atoms with E-state index in [0.717, 1.165) is 17.7 Å². The molecule has 0 bridgehead atoms. The molecule has 3 rings (SSSR count). The molecular formula is C18H21N3O4. The number of benzene rings is 1. The van der Waals surface area contributed by atoms with Crippen LogP contribution in [0.1, 0.15) is 46.4 Å². The smallest absolute Gasteiger partial charge is 0.261 e. The van der Waals surface area contributed by atoms with E-state index in [1.807, 2.05) is 0 Å². The van der Waals surface area contributed by atoms with E-state index >= 15 is 0 Å². The van der Waals surface area contributed by atoms with Gasteiger partial charge in [0.2, 0.25) is 11.8 Å². The fourth-order valence-electron chi connectivity index (χ4n) is 3.46. The molecule has 0 aliphatic carbocycles. The number of hydrogen-bond acceptors (Lipinski definition) is 4. The summed E-state index contributed by atoms with van der Waals surface area (Å²) < 4.78 is 0. The van der Waals surface area contributed by atoms with Crippen LogP contribution in [0.2, 0.25) is 0 Å². The van der Waals surface area contributed by atoms with Gasteiger partial charge in [-0.15, -0.1) is 0 Å². The Balaban J connectivity index is 1.65. The Bertz CT molecular complexity index is 696. The lowest BCUT2D eigenvalue weighted by Crippen LogP contribution is -2.51. The van der Waals surface area contributed by atoms with Crippen LogP contribution in [-0.2, 0) is 9.59 Å². The number of fused-ring (bicyclic) bond motifs is 1. The molecule has 2 aliphatic heterocycles. The Morgan fingerprint density at radius 3 is 2.36 bits per heavy atom. The standard InChI is InChI=1S/C18H21N3O4/c1-19-16(23)14-8-4-5-10-20(14)15(22)9-11-21-17(24)12-6-2-3-7-13(12)18(21)25/h2-3,6-7,14H,4-5,8-11H2,1H3,(H,19,23). The number of rotatable bonds is 4. The maximum atomic E-state index is 12.6. The molecule has 1 atom stereocenters. The molecule has 2 heterocycles. The van der Waals surface area contributed by atoms with Crippen molar-refractivity contribution in [1.29, 1.82) is 0 Å². The normalized spacial score (nSPS) is 19.8. The van der Waals surface area contributed by atoms with Gasteiger partial charge in [0.05, 0.1) is 11.1 Å². The highest BCUT2D eigenvalue weighted by atomic mass is 16.2. The van der Waals surface area contributed by atoms with Gasteiger partial charge in [-0.25, -0.2) is 0 Å². The zero-order chi connectivity index (χ0) is 18.0. The highest BCUT2D eigenvalue weighted by Crippen LogP contribution is 2.23. The highest BCUT2D eigenvalue weighted by Gasteiger charge is 2.36. The molecule has 25 heavy (non-hydrogen) atoms. The Morgan fingerprint density at radius 2 is 1.76 bits per heavy atom. The fourth-order valence-corrected chi connectivity index (χ4v) is 3.46. The van der Waals surface area contributed by atoms with Crippen LogP contribution in [-0.4, -0.2) is 59.6 Å². The first-order chi connectivity index (χ1) is 12.0. The quantitative estimate of drug-likeness (QED) is 0.819. The molecule has 1 aromatic rings. The molecule has 1 saturated heterocycles. The van der Waals surface area contributed by atoms with Crippen molar-refractivity contribution in [2.45, 2.75) is 31.7 Å². The third kappa shape index (κ3) is 3.14. The van der Waals surface area contributed by atoms with E-state index in [4.69, 9.17) is 0 Å². The number of nitrogens with zero attached hydrogens (tertiary/aromatic N) is 2. The number of amides is 4. The van der Waals surface area contributed by atoms with Crippen molar-refractivity contribution >= 4 is 23.6 Å². The van der Waals surface area contributed by atoms with Crippen molar-refractivity contribution in [2.75, 3.05) is 20.1 Å². The minimum Gasteiger partial charge on any atom is -0.357 e. The molecule has 1 fully saturated rings. The van der Waals surface area contributed by atoms with Gasteiger partial charge in [-0.2, -0.15) is 0 Å². The van der Waals surface area contributed by atoms with Crippen LogP contribution in [0.4, 0.5) is 0 Å². The lowest BCUT2D eigenvalue weighted by molar-refractivity contribution is -0.142. The van der Waals surface area contributed by atoms with Crippen molar-refractivity contribution < 1.29 is 19.2 Å². The number of imide groups is 1. The topological polar surface area (TPSA) is 86.8 Å². The van der Waals surface area contributed by atoms with E-state index < -0.39 is 6.04 Å². The average molecular weight is 343 g/mol. The van der Waals surface area contributed by atoms with E-state index in [1.54, 1.807) is 36.2 Å². The molecule has 2 aliphatic rings. The van der Waals surface area contributed by atoms with E-state index in [-0.39, 0.29) is 36.6 Å². The largest absolute Gasteiger partial charge is 0.357 e. The van der Waals surface area contributed by atoms with Gasteiger partial charge in [0.15, 0.2) is 0 Å². The van der Waals surface area contributed by atoms with Crippen LogP contribution in [0, 0.1) is 0 Å². The molecular weight excluding hydrogens is 322 g/mol. The van der Waals surface area contributed by atoms with E-state index in [0.29, 0.717) is 24.1 Å². The van der Waals surface area contributed by atoms with Crippen LogP contribution in [0.3, 0.4) is 0 Å². The van der Waals surface area contributed by atoms with Crippen LogP contribution in [0.5, 0.6) is 0 Å². The second kappa shape index (κ2) is 7.04. The van der Waals surface area contributed by atoms with Crippen LogP contribution in [0.15, 0.2) is 24.3 Å². The number of nitrogens with one attached hydrogen (secondary N) is 1. The van der Waals surface area contributed by atoms with Crippen molar-refractivity contribution in [3.8, 4) is 0 Å². The predicted octanol–water partition coefficient (Wildman–Crippen LogP) is 0.800. The Kier molecular flexibility index (Phi) is 4.83. The minimum absolute atomic E-state index is 0.0267. The lowest BCUT2D eigenvalue weighted by atomic mass is 10.0. The zero-order valence-electron chi connectivity index (χ0n) is 14.2. The van der Waals surface area contributed by atoms with Gasteiger partial charge in [-0.1, -0.05) is 12.1 Å². The molecule has 4 amide bonds. The van der Waals surface area contributed by atoms with Crippen molar-refractivity contribution in [3.05, 3.63) is 35.4 Å². The number of carbonyl (C=O) groups is 4. The third-order valence-corrected chi connectivity index (χ3v) is 4.80. The van der Waals surface area contributed by atoms with E-state index in [1.165, 1.54) is 0 Å². The Hall–Kier alpha value is -2.70. The maximum absolute atomic E-state index is 12.6. The van der Waals surface area contributed by atoms with Crippen LogP contribution in [0.25, 0.3) is 0 Å². The molecule has 1 unspecified atom stereocenters. The first-order valence-corrected chi connectivity index (χ1v) is 8.51. The molecule has 1 aromatic carbocycles.